The van der Waals surface area contributed by atoms with Crippen LogP contribution >= 0.6 is 22.6 Å². The summed E-state index contributed by atoms with van der Waals surface area (Å²) < 4.78 is 38.0. The molecule has 0 saturated heterocycles. The first-order valence-electron chi connectivity index (χ1n) is 2.28. The molecule has 0 bridgehead atoms. The molecule has 60 valence electrons. The first-order chi connectivity index (χ1) is 4.48. The van der Waals surface area contributed by atoms with E-state index in [1.165, 1.54) is 0 Å². The van der Waals surface area contributed by atoms with E-state index in [1.54, 1.807) is 22.6 Å². The fourth-order valence-electron chi connectivity index (χ4n) is 0.213. The Labute approximate surface area is 68.9 Å². The normalized spacial score (nSPS) is 11.2. The van der Waals surface area contributed by atoms with Crippen molar-refractivity contribution in [2.75, 3.05) is 11.0 Å². The molecule has 0 aliphatic carbocycles. The van der Waals surface area contributed by atoms with Gasteiger partial charge in [-0.15, -0.1) is 0 Å². The van der Waals surface area contributed by atoms with Crippen molar-refractivity contribution in [2.24, 2.45) is 0 Å². The molecule has 6 heteroatoms. The minimum Gasteiger partial charge on any atom is -0.458 e. The summed E-state index contributed by atoms with van der Waals surface area (Å²) in [6.45, 7) is -0.196. The van der Waals surface area contributed by atoms with Crippen LogP contribution in [0.3, 0.4) is 0 Å². The van der Waals surface area contributed by atoms with Crippen LogP contribution in [0, 0.1) is 0 Å². The average Bonchev–Trinajstić information content (AvgIpc) is 1.80. The van der Waals surface area contributed by atoms with Crippen LogP contribution in [0.2, 0.25) is 0 Å². The van der Waals surface area contributed by atoms with Crippen LogP contribution in [-0.2, 0) is 9.53 Å². The zero-order valence-corrected chi connectivity index (χ0v) is 6.90. The summed E-state index contributed by atoms with van der Waals surface area (Å²) in [5.41, 5.74) is 0. The van der Waals surface area contributed by atoms with Gasteiger partial charge in [-0.2, -0.15) is 13.2 Å². The van der Waals surface area contributed by atoms with E-state index in [9.17, 15) is 18.0 Å². The van der Waals surface area contributed by atoms with Crippen LogP contribution in [0.5, 0.6) is 0 Å². The zero-order chi connectivity index (χ0) is 8.20. The van der Waals surface area contributed by atoms with E-state index in [-0.39, 0.29) is 6.61 Å². The van der Waals surface area contributed by atoms with Crippen LogP contribution < -0.4 is 0 Å². The lowest BCUT2D eigenvalue weighted by molar-refractivity contribution is -0.198. The van der Waals surface area contributed by atoms with E-state index in [0.717, 1.165) is 0 Å². The lowest BCUT2D eigenvalue weighted by atomic mass is 10.7. The standard InChI is InChI=1S/C4H4F3IO2/c5-4(6,7)3(9)10-2-1-8/h1-2H2. The first kappa shape index (κ1) is 9.99. The minimum atomic E-state index is -4.86. The largest absolute Gasteiger partial charge is 0.490 e. The molecule has 0 radical (unpaired) electrons. The molecule has 2 nitrogen and oxygen atoms in total. The Kier molecular flexibility index (Phi) is 3.99. The van der Waals surface area contributed by atoms with Crippen LogP contribution in [0.25, 0.3) is 0 Å². The van der Waals surface area contributed by atoms with Crippen molar-refractivity contribution in [1.82, 2.24) is 0 Å². The summed E-state index contributed by atoms with van der Waals surface area (Å²) in [4.78, 5) is 9.87. The molecule has 0 spiro atoms. The Morgan fingerprint density at radius 2 is 2.00 bits per heavy atom. The van der Waals surface area contributed by atoms with Crippen LogP contribution in [0.4, 0.5) is 13.2 Å². The number of esters is 1. The van der Waals surface area contributed by atoms with Gasteiger partial charge in [0.25, 0.3) is 0 Å². The van der Waals surface area contributed by atoms with Crippen LogP contribution in [-0.4, -0.2) is 23.2 Å². The maximum absolute atomic E-state index is 11.3. The molecule has 0 N–H and O–H groups in total. The monoisotopic (exact) mass is 268 g/mol. The highest BCUT2D eigenvalue weighted by atomic mass is 127. The third kappa shape index (κ3) is 3.91. The minimum absolute atomic E-state index is 0.196. The Balaban J connectivity index is 3.64. The summed E-state index contributed by atoms with van der Waals surface area (Å²) in [5.74, 6) is -2.12. The van der Waals surface area contributed by atoms with E-state index in [4.69, 9.17) is 0 Å². The molecule has 0 aromatic carbocycles. The number of ether oxygens (including phenoxy) is 1. The molecule has 0 unspecified atom stereocenters. The fraction of sp³-hybridized carbons (Fsp3) is 0.750. The van der Waals surface area contributed by atoms with Crippen molar-refractivity contribution in [2.45, 2.75) is 6.18 Å². The Morgan fingerprint density at radius 1 is 1.50 bits per heavy atom. The molecule has 0 fully saturated rings. The predicted molar refractivity (Wildman–Crippen MR) is 35.9 cm³/mol. The number of hydrogen-bond donors (Lipinski definition) is 0. The molecule has 0 rings (SSSR count). The highest BCUT2D eigenvalue weighted by Crippen LogP contribution is 2.16. The maximum atomic E-state index is 11.3. The summed E-state index contributed by atoms with van der Waals surface area (Å²) in [7, 11) is 0. The number of rotatable bonds is 2. The summed E-state index contributed by atoms with van der Waals surface area (Å²) in [6.07, 6.45) is -4.86. The van der Waals surface area contributed by atoms with Gasteiger partial charge in [0.1, 0.15) is 6.61 Å². The van der Waals surface area contributed by atoms with E-state index in [1.807, 2.05) is 0 Å². The van der Waals surface area contributed by atoms with Gasteiger partial charge < -0.3 is 4.74 Å². The van der Waals surface area contributed by atoms with Crippen molar-refractivity contribution in [3.8, 4) is 0 Å². The van der Waals surface area contributed by atoms with Gasteiger partial charge in [-0.1, -0.05) is 22.6 Å². The van der Waals surface area contributed by atoms with Crippen molar-refractivity contribution >= 4 is 28.6 Å². The lowest BCUT2D eigenvalue weighted by Gasteiger charge is -2.04. The molecule has 0 aromatic rings. The third-order valence-corrected chi connectivity index (χ3v) is 0.982. The SMILES string of the molecule is O=C(OCCI)C(F)(F)F. The Bertz CT molecular complexity index is 122. The van der Waals surface area contributed by atoms with E-state index in [2.05, 4.69) is 4.74 Å². The summed E-state index contributed by atoms with van der Waals surface area (Å²) in [5, 5.41) is 0. The fourth-order valence-corrected chi connectivity index (χ4v) is 0.433. The topological polar surface area (TPSA) is 26.3 Å². The van der Waals surface area contributed by atoms with Crippen molar-refractivity contribution in [1.29, 1.82) is 0 Å². The second kappa shape index (κ2) is 3.99. The molecular weight excluding hydrogens is 264 g/mol. The summed E-state index contributed by atoms with van der Waals surface area (Å²) >= 11 is 1.80. The van der Waals surface area contributed by atoms with Crippen molar-refractivity contribution in [3.63, 3.8) is 0 Å². The molecule has 0 aliphatic rings. The van der Waals surface area contributed by atoms with Crippen LogP contribution in [0.15, 0.2) is 0 Å². The highest BCUT2D eigenvalue weighted by molar-refractivity contribution is 14.1. The molecule has 0 heterocycles. The quantitative estimate of drug-likeness (QED) is 0.431. The number of halogens is 4. The third-order valence-electron chi connectivity index (χ3n) is 0.542. The summed E-state index contributed by atoms with van der Waals surface area (Å²) in [6, 6.07) is 0. The van der Waals surface area contributed by atoms with Gasteiger partial charge in [0.15, 0.2) is 0 Å². The Hall–Kier alpha value is -0.0100. The second-order valence-electron chi connectivity index (χ2n) is 1.32. The molecule has 0 atom stereocenters. The van der Waals surface area contributed by atoms with Gasteiger partial charge in [0.05, 0.1) is 0 Å². The van der Waals surface area contributed by atoms with Gasteiger partial charge in [0.2, 0.25) is 0 Å². The van der Waals surface area contributed by atoms with E-state index >= 15 is 0 Å². The molecule has 10 heavy (non-hydrogen) atoms. The van der Waals surface area contributed by atoms with E-state index < -0.39 is 12.1 Å². The number of carbonyl (C=O) groups excluding carboxylic acids is 1. The smallest absolute Gasteiger partial charge is 0.458 e. The van der Waals surface area contributed by atoms with Crippen LogP contribution in [0.1, 0.15) is 0 Å². The molecule has 0 saturated carbocycles. The van der Waals surface area contributed by atoms with Gasteiger partial charge in [-0.05, 0) is 0 Å². The molecule has 0 amide bonds. The first-order valence-corrected chi connectivity index (χ1v) is 3.81. The highest BCUT2D eigenvalue weighted by Gasteiger charge is 2.40. The number of carbonyl (C=O) groups is 1. The lowest BCUT2D eigenvalue weighted by Crippen LogP contribution is -2.25. The molecule has 0 aromatic heterocycles. The maximum Gasteiger partial charge on any atom is 0.490 e. The average molecular weight is 268 g/mol. The predicted octanol–water partition coefficient (Wildman–Crippen LogP) is 1.53. The van der Waals surface area contributed by atoms with Crippen molar-refractivity contribution < 1.29 is 22.7 Å². The van der Waals surface area contributed by atoms with E-state index in [0.29, 0.717) is 4.43 Å². The Morgan fingerprint density at radius 3 is 2.30 bits per heavy atom. The zero-order valence-electron chi connectivity index (χ0n) is 4.74. The number of hydrogen-bond acceptors (Lipinski definition) is 2. The van der Waals surface area contributed by atoms with Gasteiger partial charge >= 0.3 is 12.1 Å². The van der Waals surface area contributed by atoms with Gasteiger partial charge in [-0.3, -0.25) is 0 Å². The number of alkyl halides is 4. The molecular formula is C4H4F3IO2. The van der Waals surface area contributed by atoms with Gasteiger partial charge in [-0.25, -0.2) is 4.79 Å². The van der Waals surface area contributed by atoms with Gasteiger partial charge in [0, 0.05) is 4.43 Å². The molecule has 0 aliphatic heterocycles. The second-order valence-corrected chi connectivity index (χ2v) is 2.40. The van der Waals surface area contributed by atoms with Crippen molar-refractivity contribution in [3.05, 3.63) is 0 Å².